The number of nitro benzene ring substituents is 1. The van der Waals surface area contributed by atoms with Gasteiger partial charge in [-0.25, -0.2) is 4.98 Å². The number of aryl methyl sites for hydroxylation is 1. The first-order chi connectivity index (χ1) is 16.4. The number of aromatic nitrogens is 1. The van der Waals surface area contributed by atoms with E-state index < -0.39 is 10.8 Å². The van der Waals surface area contributed by atoms with Crippen LogP contribution in [0.4, 0.5) is 11.4 Å². The summed E-state index contributed by atoms with van der Waals surface area (Å²) in [5, 5.41) is 16.7. The Hall–Kier alpha value is -4.31. The Morgan fingerprint density at radius 2 is 2.00 bits per heavy atom. The molecule has 0 aliphatic carbocycles. The Kier molecular flexibility index (Phi) is 6.51. The maximum absolute atomic E-state index is 12.5. The fraction of sp³-hybridized carbons (Fsp3) is 0.125. The number of nitrogens with one attached hydrogen (secondary N) is 2. The van der Waals surface area contributed by atoms with Crippen LogP contribution in [0.1, 0.15) is 22.8 Å². The van der Waals surface area contributed by atoms with Gasteiger partial charge in [0.1, 0.15) is 5.52 Å². The van der Waals surface area contributed by atoms with Crippen molar-refractivity contribution in [3.8, 4) is 17.2 Å². The zero-order chi connectivity index (χ0) is 24.2. The Bertz CT molecular complexity index is 1420. The average Bonchev–Trinajstić information content (AvgIpc) is 3.27. The van der Waals surface area contributed by atoms with Crippen LogP contribution in [0.25, 0.3) is 22.6 Å². The van der Waals surface area contributed by atoms with Crippen LogP contribution >= 0.6 is 12.2 Å². The quantitative estimate of drug-likeness (QED) is 0.224. The summed E-state index contributed by atoms with van der Waals surface area (Å²) >= 11 is 5.24. The summed E-state index contributed by atoms with van der Waals surface area (Å²) in [5.74, 6) is -0.0679. The van der Waals surface area contributed by atoms with Gasteiger partial charge in [-0.1, -0.05) is 19.1 Å². The molecule has 0 radical (unpaired) electrons. The largest absolute Gasteiger partial charge is 0.490 e. The molecule has 0 aliphatic rings. The van der Waals surface area contributed by atoms with Gasteiger partial charge in [-0.05, 0) is 66.7 Å². The van der Waals surface area contributed by atoms with Crippen molar-refractivity contribution in [3.63, 3.8) is 0 Å². The second kappa shape index (κ2) is 9.67. The van der Waals surface area contributed by atoms with Gasteiger partial charge in [0.25, 0.3) is 5.91 Å². The molecule has 9 nitrogen and oxygen atoms in total. The maximum atomic E-state index is 12.5. The number of hydrogen-bond acceptors (Lipinski definition) is 7. The zero-order valence-electron chi connectivity index (χ0n) is 18.3. The molecule has 2 N–H and O–H groups in total. The van der Waals surface area contributed by atoms with Crippen LogP contribution in [0.5, 0.6) is 5.75 Å². The number of ether oxygens (including phenoxy) is 1. The minimum Gasteiger partial charge on any atom is -0.490 e. The summed E-state index contributed by atoms with van der Waals surface area (Å²) < 4.78 is 10.8. The van der Waals surface area contributed by atoms with Crippen LogP contribution in [0.2, 0.25) is 0 Å². The highest BCUT2D eigenvalue weighted by atomic mass is 32.1. The predicted octanol–water partition coefficient (Wildman–Crippen LogP) is 5.10. The molecule has 0 aliphatic heterocycles. The van der Waals surface area contributed by atoms with Crippen molar-refractivity contribution in [3.05, 3.63) is 81.9 Å². The normalized spacial score (nSPS) is 10.6. The minimum atomic E-state index is -0.618. The molecule has 1 aromatic heterocycles. The van der Waals surface area contributed by atoms with E-state index in [1.807, 2.05) is 24.3 Å². The van der Waals surface area contributed by atoms with E-state index in [0.717, 1.165) is 23.6 Å². The van der Waals surface area contributed by atoms with Gasteiger partial charge in [-0.2, -0.15) is 0 Å². The highest BCUT2D eigenvalue weighted by Gasteiger charge is 2.19. The van der Waals surface area contributed by atoms with E-state index in [4.69, 9.17) is 21.4 Å². The summed E-state index contributed by atoms with van der Waals surface area (Å²) in [5.41, 5.74) is 3.76. The Morgan fingerprint density at radius 1 is 1.18 bits per heavy atom. The van der Waals surface area contributed by atoms with Crippen molar-refractivity contribution in [1.82, 2.24) is 10.3 Å². The lowest BCUT2D eigenvalue weighted by atomic mass is 10.1. The van der Waals surface area contributed by atoms with Gasteiger partial charge in [0.2, 0.25) is 5.89 Å². The number of anilines is 1. The predicted molar refractivity (Wildman–Crippen MR) is 132 cm³/mol. The number of benzene rings is 3. The molecule has 0 fully saturated rings. The molecule has 0 unspecified atom stereocenters. The zero-order valence-corrected chi connectivity index (χ0v) is 19.1. The van der Waals surface area contributed by atoms with E-state index in [0.29, 0.717) is 17.2 Å². The van der Waals surface area contributed by atoms with Crippen molar-refractivity contribution in [2.75, 3.05) is 12.4 Å². The molecule has 34 heavy (non-hydrogen) atoms. The molecule has 4 rings (SSSR count). The summed E-state index contributed by atoms with van der Waals surface area (Å²) in [4.78, 5) is 27.7. The Labute approximate surface area is 199 Å². The first kappa shape index (κ1) is 22.9. The SMILES string of the molecule is CCc1ccc2oc(-c3cccc(NC(=S)NC(=O)c4ccc(OC)c([N+](=O)[O-])c4)c3)nc2c1. The second-order valence-electron chi connectivity index (χ2n) is 7.31. The van der Waals surface area contributed by atoms with Crippen molar-refractivity contribution in [2.45, 2.75) is 13.3 Å². The molecule has 0 spiro atoms. The molecule has 172 valence electrons. The van der Waals surface area contributed by atoms with E-state index in [1.165, 1.54) is 24.8 Å². The van der Waals surface area contributed by atoms with Crippen molar-refractivity contribution >= 4 is 45.7 Å². The lowest BCUT2D eigenvalue weighted by molar-refractivity contribution is -0.385. The summed E-state index contributed by atoms with van der Waals surface area (Å²) in [6.45, 7) is 2.08. The van der Waals surface area contributed by atoms with Gasteiger partial charge < -0.3 is 14.5 Å². The van der Waals surface area contributed by atoms with Gasteiger partial charge in [0.05, 0.1) is 12.0 Å². The van der Waals surface area contributed by atoms with E-state index in [2.05, 4.69) is 22.5 Å². The molecule has 3 aromatic carbocycles. The van der Waals surface area contributed by atoms with Gasteiger partial charge in [-0.3, -0.25) is 20.2 Å². The number of carbonyl (C=O) groups is 1. The van der Waals surface area contributed by atoms with Crippen LogP contribution in [-0.4, -0.2) is 28.0 Å². The number of oxazole rings is 1. The van der Waals surface area contributed by atoms with E-state index in [-0.39, 0.29) is 22.1 Å². The topological polar surface area (TPSA) is 120 Å². The fourth-order valence-electron chi connectivity index (χ4n) is 3.36. The van der Waals surface area contributed by atoms with Crippen LogP contribution in [0.15, 0.2) is 65.1 Å². The molecule has 0 saturated carbocycles. The highest BCUT2D eigenvalue weighted by Crippen LogP contribution is 2.28. The Morgan fingerprint density at radius 3 is 2.74 bits per heavy atom. The first-order valence-electron chi connectivity index (χ1n) is 10.3. The molecule has 0 bridgehead atoms. The van der Waals surface area contributed by atoms with Crippen molar-refractivity contribution in [1.29, 1.82) is 0 Å². The molecule has 1 amide bonds. The molecule has 0 atom stereocenters. The third kappa shape index (κ3) is 4.86. The number of nitro groups is 1. The van der Waals surface area contributed by atoms with E-state index in [9.17, 15) is 14.9 Å². The van der Waals surface area contributed by atoms with Crippen molar-refractivity contribution in [2.24, 2.45) is 0 Å². The van der Waals surface area contributed by atoms with Crippen LogP contribution in [0.3, 0.4) is 0 Å². The number of rotatable bonds is 6. The molecular weight excluding hydrogens is 456 g/mol. The van der Waals surface area contributed by atoms with E-state index in [1.54, 1.807) is 18.2 Å². The third-order valence-corrected chi connectivity index (χ3v) is 5.30. The summed E-state index contributed by atoms with van der Waals surface area (Å²) in [7, 11) is 1.32. The molecule has 0 saturated heterocycles. The number of nitrogens with zero attached hydrogens (tertiary/aromatic N) is 2. The van der Waals surface area contributed by atoms with E-state index >= 15 is 0 Å². The van der Waals surface area contributed by atoms with Gasteiger partial charge in [-0.15, -0.1) is 0 Å². The van der Waals surface area contributed by atoms with Crippen molar-refractivity contribution < 1.29 is 18.9 Å². The molecule has 4 aromatic rings. The highest BCUT2D eigenvalue weighted by molar-refractivity contribution is 7.80. The van der Waals surface area contributed by atoms with Crippen LogP contribution in [0, 0.1) is 10.1 Å². The summed E-state index contributed by atoms with van der Waals surface area (Å²) in [6, 6.07) is 17.1. The van der Waals surface area contributed by atoms with Gasteiger partial charge in [0, 0.05) is 22.9 Å². The first-order valence-corrected chi connectivity index (χ1v) is 10.7. The number of fused-ring (bicyclic) bond motifs is 1. The molecule has 1 heterocycles. The number of hydrogen-bond donors (Lipinski definition) is 2. The standard InChI is InChI=1S/C24H20N4O5S/c1-3-14-7-9-20-18(11-14)26-23(33-20)16-5-4-6-17(12-16)25-24(34)27-22(29)15-8-10-21(32-2)19(13-15)28(30)31/h4-13H,3H2,1-2H3,(H2,25,27,29,34). The third-order valence-electron chi connectivity index (χ3n) is 5.09. The number of carbonyl (C=O) groups excluding carboxylic acids is 1. The molecule has 10 heteroatoms. The number of thiocarbonyl (C=S) groups is 1. The maximum Gasteiger partial charge on any atom is 0.311 e. The van der Waals surface area contributed by atoms with Gasteiger partial charge >= 0.3 is 5.69 Å². The summed E-state index contributed by atoms with van der Waals surface area (Å²) in [6.07, 6.45) is 0.907. The second-order valence-corrected chi connectivity index (χ2v) is 7.72. The molecular formula is C24H20N4O5S. The number of methoxy groups -OCH3 is 1. The fourth-order valence-corrected chi connectivity index (χ4v) is 3.57. The Balaban J connectivity index is 1.48. The lowest BCUT2D eigenvalue weighted by Gasteiger charge is -2.10. The minimum absolute atomic E-state index is 0.0331. The van der Waals surface area contributed by atoms with Crippen LogP contribution < -0.4 is 15.4 Å². The van der Waals surface area contributed by atoms with Gasteiger partial charge in [0.15, 0.2) is 16.4 Å². The van der Waals surface area contributed by atoms with Crippen LogP contribution in [-0.2, 0) is 6.42 Å². The smallest absolute Gasteiger partial charge is 0.311 e. The average molecular weight is 477 g/mol. The monoisotopic (exact) mass is 476 g/mol. The lowest BCUT2D eigenvalue weighted by Crippen LogP contribution is -2.34. The number of amides is 1.